The summed E-state index contributed by atoms with van der Waals surface area (Å²) in [4.78, 5) is 0.972. The lowest BCUT2D eigenvalue weighted by atomic mass is 10.0. The summed E-state index contributed by atoms with van der Waals surface area (Å²) >= 11 is 1.46. The van der Waals surface area contributed by atoms with Gasteiger partial charge in [0.05, 0.1) is 18.0 Å². The van der Waals surface area contributed by atoms with E-state index in [4.69, 9.17) is 18.3 Å². The third kappa shape index (κ3) is 7.38. The molecule has 5 atom stereocenters. The van der Waals surface area contributed by atoms with Crippen LogP contribution in [0.2, 0.25) is 23.2 Å². The van der Waals surface area contributed by atoms with Gasteiger partial charge >= 0.3 is 0 Å². The summed E-state index contributed by atoms with van der Waals surface area (Å²) in [7, 11) is -3.51. The Kier molecular flexibility index (Phi) is 10.9. The third-order valence-corrected chi connectivity index (χ3v) is 19.8. The van der Waals surface area contributed by atoms with E-state index in [2.05, 4.69) is 103 Å². The summed E-state index contributed by atoms with van der Waals surface area (Å²) in [6.45, 7) is 17.9. The Morgan fingerprint density at radius 1 is 0.744 bits per heavy atom. The maximum absolute atomic E-state index is 16.3. The van der Waals surface area contributed by atoms with E-state index in [1.54, 1.807) is 7.11 Å². The average Bonchev–Trinajstić information content (AvgIpc) is 2.95. The first kappa shape index (κ1) is 34.1. The summed E-state index contributed by atoms with van der Waals surface area (Å²) in [5.74, 6) is 0. The minimum atomic E-state index is -2.87. The van der Waals surface area contributed by atoms with E-state index < -0.39 is 46.6 Å². The van der Waals surface area contributed by atoms with Crippen LogP contribution in [0.5, 0.6) is 0 Å². The van der Waals surface area contributed by atoms with Crippen molar-refractivity contribution in [3.05, 3.63) is 91.0 Å². The van der Waals surface area contributed by atoms with Crippen molar-refractivity contribution in [2.24, 2.45) is 0 Å². The predicted molar refractivity (Wildman–Crippen MR) is 182 cm³/mol. The van der Waals surface area contributed by atoms with E-state index in [1.165, 1.54) is 22.1 Å². The van der Waals surface area contributed by atoms with E-state index >= 15 is 4.39 Å². The zero-order valence-electron chi connectivity index (χ0n) is 27.2. The molecule has 1 heterocycles. The normalized spacial score (nSPS) is 23.7. The number of ether oxygens (including phenoxy) is 2. The van der Waals surface area contributed by atoms with Gasteiger partial charge in [-0.05, 0) is 45.7 Å². The van der Waals surface area contributed by atoms with E-state index in [9.17, 15) is 0 Å². The van der Waals surface area contributed by atoms with Crippen LogP contribution in [-0.4, -0.2) is 60.3 Å². The monoisotopic (exact) mass is 640 g/mol. The Bertz CT molecular complexity index is 1240. The number of rotatable bonds is 10. The lowest BCUT2D eigenvalue weighted by Crippen LogP contribution is -2.68. The van der Waals surface area contributed by atoms with Crippen molar-refractivity contribution in [1.82, 2.24) is 0 Å². The summed E-state index contributed by atoms with van der Waals surface area (Å²) in [6, 6.07) is 30.9. The van der Waals surface area contributed by atoms with Crippen molar-refractivity contribution in [2.45, 2.75) is 99.5 Å². The molecule has 0 bridgehead atoms. The maximum atomic E-state index is 16.3. The first-order chi connectivity index (χ1) is 20.2. The van der Waals surface area contributed by atoms with Crippen molar-refractivity contribution in [3.63, 3.8) is 0 Å². The van der Waals surface area contributed by atoms with E-state index in [-0.39, 0.29) is 16.7 Å². The molecule has 1 aliphatic heterocycles. The number of methoxy groups -OCH3 is 1. The minimum Gasteiger partial charge on any atom is -0.410 e. The number of alkyl halides is 1. The highest BCUT2D eigenvalue weighted by atomic mass is 32.2. The van der Waals surface area contributed by atoms with Gasteiger partial charge < -0.3 is 18.3 Å². The molecule has 1 fully saturated rings. The minimum absolute atomic E-state index is 0.0573. The highest BCUT2D eigenvalue weighted by Crippen LogP contribution is 2.44. The highest BCUT2D eigenvalue weighted by molar-refractivity contribution is 8.00. The molecule has 4 rings (SSSR count). The van der Waals surface area contributed by atoms with Gasteiger partial charge in [-0.1, -0.05) is 120 Å². The Morgan fingerprint density at radius 2 is 1.23 bits per heavy atom. The van der Waals surface area contributed by atoms with Gasteiger partial charge in [-0.25, -0.2) is 4.39 Å². The largest absolute Gasteiger partial charge is 0.410 e. The van der Waals surface area contributed by atoms with Gasteiger partial charge in [-0.2, -0.15) is 0 Å². The van der Waals surface area contributed by atoms with Crippen molar-refractivity contribution in [2.75, 3.05) is 13.7 Å². The molecule has 234 valence electrons. The standard InChI is InChI=1S/C35H49FO4SSi2/c1-34(2,3)42(8,9)40-31-30(37-7)29(39-33(36)32(31)41-26-19-13-10-14-20-26)25-38-43(35(4,5)6,27-21-15-11-16-22-27)28-23-17-12-18-24-28/h10-24,29-33H,25H2,1-9H3/t29-,30-,31+,32-,33?/m1/s1. The summed E-state index contributed by atoms with van der Waals surface area (Å²) in [5.41, 5.74) is 0. The fraction of sp³-hybridized carbons (Fsp3) is 0.486. The third-order valence-electron chi connectivity index (χ3n) is 8.98. The second kappa shape index (κ2) is 13.7. The van der Waals surface area contributed by atoms with Crippen LogP contribution in [0, 0.1) is 0 Å². The van der Waals surface area contributed by atoms with Crippen LogP contribution in [-0.2, 0) is 18.3 Å². The molecule has 0 N–H and O–H groups in total. The Hall–Kier alpha value is -1.79. The topological polar surface area (TPSA) is 36.9 Å². The maximum Gasteiger partial charge on any atom is 0.261 e. The molecule has 1 saturated heterocycles. The molecule has 0 aliphatic carbocycles. The van der Waals surface area contributed by atoms with E-state index in [1.807, 2.05) is 42.5 Å². The van der Waals surface area contributed by atoms with Gasteiger partial charge in [0, 0.05) is 12.0 Å². The quantitative estimate of drug-likeness (QED) is 0.211. The van der Waals surface area contributed by atoms with Crippen LogP contribution in [0.4, 0.5) is 4.39 Å². The van der Waals surface area contributed by atoms with Gasteiger partial charge in [0.15, 0.2) is 8.32 Å². The molecule has 0 radical (unpaired) electrons. The Labute approximate surface area is 264 Å². The molecule has 1 aliphatic rings. The van der Waals surface area contributed by atoms with Crippen molar-refractivity contribution >= 4 is 38.8 Å². The molecule has 0 spiro atoms. The molecular weight excluding hydrogens is 592 g/mol. The van der Waals surface area contributed by atoms with Gasteiger partial charge in [-0.3, -0.25) is 0 Å². The molecule has 3 aromatic carbocycles. The number of hydrogen-bond donors (Lipinski definition) is 0. The lowest BCUT2D eigenvalue weighted by Gasteiger charge is -2.49. The molecule has 8 heteroatoms. The summed E-state index contributed by atoms with van der Waals surface area (Å²) in [5, 5.41) is 1.47. The molecule has 0 aromatic heterocycles. The van der Waals surface area contributed by atoms with Crippen LogP contribution in [0.25, 0.3) is 0 Å². The van der Waals surface area contributed by atoms with Gasteiger partial charge in [-0.15, -0.1) is 11.8 Å². The van der Waals surface area contributed by atoms with Gasteiger partial charge in [0.25, 0.3) is 8.32 Å². The predicted octanol–water partition coefficient (Wildman–Crippen LogP) is 7.82. The fourth-order valence-corrected chi connectivity index (χ4v) is 12.8. The summed E-state index contributed by atoms with van der Waals surface area (Å²) in [6.07, 6.45) is -3.24. The average molecular weight is 641 g/mol. The van der Waals surface area contributed by atoms with E-state index in [0.717, 1.165) is 4.90 Å². The number of benzene rings is 3. The van der Waals surface area contributed by atoms with Crippen molar-refractivity contribution in [1.29, 1.82) is 0 Å². The van der Waals surface area contributed by atoms with Crippen LogP contribution in [0.15, 0.2) is 95.9 Å². The van der Waals surface area contributed by atoms with Crippen molar-refractivity contribution in [3.8, 4) is 0 Å². The highest BCUT2D eigenvalue weighted by Gasteiger charge is 2.54. The molecular formula is C35H49FO4SSi2. The van der Waals surface area contributed by atoms with E-state index in [0.29, 0.717) is 0 Å². The van der Waals surface area contributed by atoms with Crippen molar-refractivity contribution < 1.29 is 22.7 Å². The first-order valence-corrected chi connectivity index (χ1v) is 20.9. The molecule has 1 unspecified atom stereocenters. The van der Waals surface area contributed by atoms with Gasteiger partial charge in [0.1, 0.15) is 12.2 Å². The lowest BCUT2D eigenvalue weighted by molar-refractivity contribution is -0.212. The molecule has 43 heavy (non-hydrogen) atoms. The van der Waals surface area contributed by atoms with Crippen LogP contribution < -0.4 is 10.4 Å². The first-order valence-electron chi connectivity index (χ1n) is 15.2. The number of halogens is 1. The zero-order valence-corrected chi connectivity index (χ0v) is 30.0. The Morgan fingerprint density at radius 3 is 1.67 bits per heavy atom. The second-order valence-corrected chi connectivity index (χ2v) is 24.3. The molecule has 3 aromatic rings. The molecule has 0 saturated carbocycles. The smallest absolute Gasteiger partial charge is 0.261 e. The van der Waals surface area contributed by atoms with Crippen LogP contribution >= 0.6 is 11.8 Å². The summed E-state index contributed by atoms with van der Waals surface area (Å²) < 4.78 is 42.9. The molecule has 4 nitrogen and oxygen atoms in total. The zero-order chi connectivity index (χ0) is 31.5. The number of thioether (sulfide) groups is 1. The molecule has 0 amide bonds. The van der Waals surface area contributed by atoms with Crippen LogP contribution in [0.3, 0.4) is 0 Å². The van der Waals surface area contributed by atoms with Crippen LogP contribution in [0.1, 0.15) is 41.5 Å². The number of hydrogen-bond acceptors (Lipinski definition) is 5. The second-order valence-electron chi connectivity index (χ2n) is 13.9. The van der Waals surface area contributed by atoms with Gasteiger partial charge in [0.2, 0.25) is 6.36 Å². The SMILES string of the molecule is CO[C@H]1[C@H](O[Si](C)(C)C(C)(C)C)[C@@H](Sc2ccccc2)C(F)O[C@@H]1CO[Si](c1ccccc1)(c1ccccc1)C(C)(C)C. The Balaban J connectivity index is 1.73. The fourth-order valence-electron chi connectivity index (χ4n) is 5.69.